The Kier molecular flexibility index (Phi) is 7.23. The molecule has 0 unspecified atom stereocenters. The SMILES string of the molecule is CCn1c(CCC(=O)Nc2cccc(OC3CCCC3)c2)nc2cc(S(=O)(=O)N(C)C)ccc21. The minimum Gasteiger partial charge on any atom is -0.490 e. The summed E-state index contributed by atoms with van der Waals surface area (Å²) in [7, 11) is -0.531. The topological polar surface area (TPSA) is 93.5 Å². The quantitative estimate of drug-likeness (QED) is 0.491. The van der Waals surface area contributed by atoms with Crippen molar-refractivity contribution in [3.63, 3.8) is 0 Å². The second-order valence-corrected chi connectivity index (χ2v) is 11.0. The fourth-order valence-corrected chi connectivity index (χ4v) is 5.29. The Morgan fingerprint density at radius 1 is 1.18 bits per heavy atom. The van der Waals surface area contributed by atoms with E-state index < -0.39 is 10.0 Å². The van der Waals surface area contributed by atoms with Gasteiger partial charge in [-0.15, -0.1) is 0 Å². The highest BCUT2D eigenvalue weighted by atomic mass is 32.2. The van der Waals surface area contributed by atoms with Crippen molar-refractivity contribution in [3.05, 3.63) is 48.3 Å². The number of nitrogens with zero attached hydrogens (tertiary/aromatic N) is 3. The number of sulfonamides is 1. The Bertz CT molecular complexity index is 1280. The molecule has 2 aromatic carbocycles. The summed E-state index contributed by atoms with van der Waals surface area (Å²) in [5.74, 6) is 1.43. The Morgan fingerprint density at radius 3 is 2.65 bits per heavy atom. The number of anilines is 1. The van der Waals surface area contributed by atoms with Crippen molar-refractivity contribution >= 4 is 32.7 Å². The molecular formula is C25H32N4O4S. The van der Waals surface area contributed by atoms with Gasteiger partial charge in [-0.05, 0) is 62.9 Å². The third kappa shape index (κ3) is 5.26. The number of imidazole rings is 1. The van der Waals surface area contributed by atoms with Gasteiger partial charge in [0.2, 0.25) is 15.9 Å². The molecule has 0 bridgehead atoms. The molecule has 4 rings (SSSR count). The van der Waals surface area contributed by atoms with Crippen molar-refractivity contribution in [2.75, 3.05) is 19.4 Å². The summed E-state index contributed by atoms with van der Waals surface area (Å²) in [5, 5.41) is 2.95. The molecule has 1 amide bonds. The number of aryl methyl sites for hydroxylation is 2. The Labute approximate surface area is 201 Å². The van der Waals surface area contributed by atoms with Crippen molar-refractivity contribution in [3.8, 4) is 5.75 Å². The zero-order valence-electron chi connectivity index (χ0n) is 20.0. The lowest BCUT2D eigenvalue weighted by atomic mass is 10.2. The molecule has 9 heteroatoms. The molecule has 34 heavy (non-hydrogen) atoms. The molecule has 0 aliphatic heterocycles. The van der Waals surface area contributed by atoms with Crippen LogP contribution in [0, 0.1) is 0 Å². The highest BCUT2D eigenvalue weighted by Crippen LogP contribution is 2.26. The van der Waals surface area contributed by atoms with Gasteiger partial charge in [0, 0.05) is 45.2 Å². The highest BCUT2D eigenvalue weighted by molar-refractivity contribution is 7.89. The number of aromatic nitrogens is 2. The van der Waals surface area contributed by atoms with Gasteiger partial charge in [0.25, 0.3) is 0 Å². The fourth-order valence-electron chi connectivity index (χ4n) is 4.37. The summed E-state index contributed by atoms with van der Waals surface area (Å²) >= 11 is 0. The standard InChI is InChI=1S/C25H32N4O4S/c1-4-29-23-13-12-21(34(31,32)28(2)3)17-22(23)27-24(29)14-15-25(30)26-18-8-7-11-20(16-18)33-19-9-5-6-10-19/h7-8,11-13,16-17,19H,4-6,9-10,14-15H2,1-3H3,(H,26,30). The maximum atomic E-state index is 12.6. The molecule has 8 nitrogen and oxygen atoms in total. The number of hydrogen-bond donors (Lipinski definition) is 1. The number of rotatable bonds is 9. The van der Waals surface area contributed by atoms with Gasteiger partial charge in [0.15, 0.2) is 0 Å². The van der Waals surface area contributed by atoms with Crippen LogP contribution in [0.4, 0.5) is 5.69 Å². The molecule has 1 aliphatic carbocycles. The molecule has 3 aromatic rings. The Balaban J connectivity index is 1.44. The third-order valence-electron chi connectivity index (χ3n) is 6.19. The van der Waals surface area contributed by atoms with Gasteiger partial charge in [-0.2, -0.15) is 0 Å². The number of carbonyl (C=O) groups excluding carboxylic acids is 1. The van der Waals surface area contributed by atoms with Crippen molar-refractivity contribution in [1.82, 2.24) is 13.9 Å². The normalized spacial score (nSPS) is 14.7. The molecule has 1 heterocycles. The van der Waals surface area contributed by atoms with Crippen LogP contribution < -0.4 is 10.1 Å². The minimum atomic E-state index is -3.54. The lowest BCUT2D eigenvalue weighted by Gasteiger charge is -2.14. The maximum absolute atomic E-state index is 12.6. The number of nitrogens with one attached hydrogen (secondary N) is 1. The average Bonchev–Trinajstić information content (AvgIpc) is 3.44. The van der Waals surface area contributed by atoms with Crippen LogP contribution in [-0.4, -0.2) is 48.4 Å². The van der Waals surface area contributed by atoms with Crippen LogP contribution in [0.2, 0.25) is 0 Å². The van der Waals surface area contributed by atoms with Gasteiger partial charge in [-0.25, -0.2) is 17.7 Å². The zero-order valence-corrected chi connectivity index (χ0v) is 20.8. The third-order valence-corrected chi connectivity index (χ3v) is 8.00. The molecule has 1 aromatic heterocycles. The molecule has 1 fully saturated rings. The number of carbonyl (C=O) groups is 1. The minimum absolute atomic E-state index is 0.108. The summed E-state index contributed by atoms with van der Waals surface area (Å²) in [6.07, 6.45) is 5.55. The first-order valence-electron chi connectivity index (χ1n) is 11.8. The summed E-state index contributed by atoms with van der Waals surface area (Å²) < 4.78 is 34.2. The van der Waals surface area contributed by atoms with Gasteiger partial charge in [-0.3, -0.25) is 4.79 Å². The molecule has 1 N–H and O–H groups in total. The van der Waals surface area contributed by atoms with Gasteiger partial charge in [-0.1, -0.05) is 6.07 Å². The zero-order chi connectivity index (χ0) is 24.3. The van der Waals surface area contributed by atoms with Crippen LogP contribution in [0.25, 0.3) is 11.0 Å². The van der Waals surface area contributed by atoms with Gasteiger partial charge in [0.1, 0.15) is 11.6 Å². The summed E-state index contributed by atoms with van der Waals surface area (Å²) in [4.78, 5) is 17.5. The Morgan fingerprint density at radius 2 is 1.94 bits per heavy atom. The maximum Gasteiger partial charge on any atom is 0.242 e. The fraction of sp³-hybridized carbons (Fsp3) is 0.440. The number of ether oxygens (including phenoxy) is 1. The van der Waals surface area contributed by atoms with Crippen LogP contribution in [0.1, 0.15) is 44.9 Å². The molecule has 0 radical (unpaired) electrons. The monoisotopic (exact) mass is 484 g/mol. The summed E-state index contributed by atoms with van der Waals surface area (Å²) in [6, 6.07) is 12.5. The van der Waals surface area contributed by atoms with E-state index in [1.807, 2.05) is 35.8 Å². The molecule has 1 saturated carbocycles. The van der Waals surface area contributed by atoms with E-state index >= 15 is 0 Å². The van der Waals surface area contributed by atoms with Crippen molar-refractivity contribution in [1.29, 1.82) is 0 Å². The van der Waals surface area contributed by atoms with Crippen molar-refractivity contribution < 1.29 is 17.9 Å². The Hall–Kier alpha value is -2.91. The number of benzene rings is 2. The smallest absolute Gasteiger partial charge is 0.242 e. The van der Waals surface area contributed by atoms with E-state index in [-0.39, 0.29) is 23.3 Å². The van der Waals surface area contributed by atoms with Crippen LogP contribution in [-0.2, 0) is 27.8 Å². The largest absolute Gasteiger partial charge is 0.490 e. The molecule has 0 atom stereocenters. The van der Waals surface area contributed by atoms with E-state index in [9.17, 15) is 13.2 Å². The molecule has 1 aliphatic rings. The van der Waals surface area contributed by atoms with Crippen molar-refractivity contribution in [2.45, 2.75) is 63.0 Å². The second-order valence-electron chi connectivity index (χ2n) is 8.81. The number of fused-ring (bicyclic) bond motifs is 1. The molecular weight excluding hydrogens is 452 g/mol. The highest BCUT2D eigenvalue weighted by Gasteiger charge is 2.20. The van der Waals surface area contributed by atoms with E-state index in [1.165, 1.54) is 31.2 Å². The first-order valence-corrected chi connectivity index (χ1v) is 13.2. The predicted octanol–water partition coefficient (Wildman–Crippen LogP) is 4.20. The van der Waals surface area contributed by atoms with E-state index in [4.69, 9.17) is 4.74 Å². The van der Waals surface area contributed by atoms with E-state index in [0.29, 0.717) is 24.2 Å². The molecule has 182 valence electrons. The number of amides is 1. The van der Waals surface area contributed by atoms with Gasteiger partial charge in [0.05, 0.1) is 22.0 Å². The second kappa shape index (κ2) is 10.1. The predicted molar refractivity (Wildman–Crippen MR) is 133 cm³/mol. The first kappa shape index (κ1) is 24.2. The van der Waals surface area contributed by atoms with E-state index in [2.05, 4.69) is 10.3 Å². The first-order chi connectivity index (χ1) is 16.3. The van der Waals surface area contributed by atoms with E-state index in [0.717, 1.165) is 29.9 Å². The van der Waals surface area contributed by atoms with Crippen LogP contribution >= 0.6 is 0 Å². The molecule has 0 spiro atoms. The van der Waals surface area contributed by atoms with Gasteiger partial charge >= 0.3 is 0 Å². The van der Waals surface area contributed by atoms with Crippen LogP contribution in [0.3, 0.4) is 0 Å². The summed E-state index contributed by atoms with van der Waals surface area (Å²) in [5.41, 5.74) is 2.17. The lowest BCUT2D eigenvalue weighted by molar-refractivity contribution is -0.116. The van der Waals surface area contributed by atoms with Crippen LogP contribution in [0.5, 0.6) is 5.75 Å². The average molecular weight is 485 g/mol. The van der Waals surface area contributed by atoms with E-state index in [1.54, 1.807) is 18.2 Å². The summed E-state index contributed by atoms with van der Waals surface area (Å²) in [6.45, 7) is 2.68. The lowest BCUT2D eigenvalue weighted by Crippen LogP contribution is -2.22. The van der Waals surface area contributed by atoms with Crippen LogP contribution in [0.15, 0.2) is 47.4 Å². The van der Waals surface area contributed by atoms with Crippen molar-refractivity contribution in [2.24, 2.45) is 0 Å². The van der Waals surface area contributed by atoms with Gasteiger partial charge < -0.3 is 14.6 Å². The molecule has 0 saturated heterocycles. The number of hydrogen-bond acceptors (Lipinski definition) is 5.